The van der Waals surface area contributed by atoms with Crippen LogP contribution >= 0.6 is 11.3 Å². The molecule has 1 aliphatic heterocycles. The smallest absolute Gasteiger partial charge is 0.410 e. The summed E-state index contributed by atoms with van der Waals surface area (Å²) >= 11 is 1.19. The molecule has 41 heavy (non-hydrogen) atoms. The first-order chi connectivity index (χ1) is 19.5. The maximum Gasteiger partial charge on any atom is 0.410 e. The van der Waals surface area contributed by atoms with Crippen molar-refractivity contribution in [3.63, 3.8) is 0 Å². The van der Waals surface area contributed by atoms with Crippen LogP contribution in [0.25, 0.3) is 27.3 Å². The van der Waals surface area contributed by atoms with Crippen LogP contribution in [0.1, 0.15) is 50.0 Å². The molecule has 1 aliphatic rings. The van der Waals surface area contributed by atoms with Gasteiger partial charge in [0.05, 0.1) is 17.7 Å². The van der Waals surface area contributed by atoms with Crippen molar-refractivity contribution in [2.75, 3.05) is 31.1 Å². The summed E-state index contributed by atoms with van der Waals surface area (Å²) in [5, 5.41) is 1.16. The maximum atomic E-state index is 15.2. The van der Waals surface area contributed by atoms with Crippen LogP contribution in [0.15, 0.2) is 36.8 Å². The molecule has 1 atom stereocenters. The van der Waals surface area contributed by atoms with Crippen molar-refractivity contribution in [1.82, 2.24) is 24.4 Å². The minimum absolute atomic E-state index is 0.108. The monoisotopic (exact) mass is 580 g/mol. The topological polar surface area (TPSA) is 103 Å². The minimum Gasteiger partial charge on any atom is -0.462 e. The van der Waals surface area contributed by atoms with Crippen LogP contribution in [0, 0.1) is 12.7 Å². The van der Waals surface area contributed by atoms with Gasteiger partial charge in [-0.15, -0.1) is 0 Å². The molecule has 5 rings (SSSR count). The molecular weight excluding hydrogens is 547 g/mol. The summed E-state index contributed by atoms with van der Waals surface area (Å²) in [6.07, 6.45) is 2.90. The Bertz CT molecular complexity index is 1610. The number of hydrogen-bond donors (Lipinski definition) is 0. The highest BCUT2D eigenvalue weighted by atomic mass is 32.1. The number of rotatable bonds is 5. The van der Waals surface area contributed by atoms with Crippen LogP contribution in [0.4, 0.5) is 15.0 Å². The number of ether oxygens (including phenoxy) is 2. The lowest BCUT2D eigenvalue weighted by atomic mass is 10.0. The average Bonchev–Trinajstić information content (AvgIpc) is 3.49. The van der Waals surface area contributed by atoms with E-state index in [0.29, 0.717) is 63.3 Å². The third-order valence-electron chi connectivity index (χ3n) is 6.73. The first-order valence-corrected chi connectivity index (χ1v) is 14.3. The number of esters is 1. The van der Waals surface area contributed by atoms with Crippen LogP contribution in [-0.4, -0.2) is 74.4 Å². The molecule has 1 aromatic carbocycles. The highest BCUT2D eigenvalue weighted by Crippen LogP contribution is 2.39. The Morgan fingerprint density at radius 3 is 2.59 bits per heavy atom. The van der Waals surface area contributed by atoms with E-state index in [2.05, 4.69) is 19.9 Å². The van der Waals surface area contributed by atoms with Crippen molar-refractivity contribution in [3.05, 3.63) is 53.2 Å². The number of anilines is 1. The molecular formula is C29H33FN6O4S. The van der Waals surface area contributed by atoms with E-state index in [9.17, 15) is 9.59 Å². The van der Waals surface area contributed by atoms with Crippen molar-refractivity contribution in [3.8, 4) is 16.3 Å². The Morgan fingerprint density at radius 1 is 1.15 bits per heavy atom. The van der Waals surface area contributed by atoms with Gasteiger partial charge in [0, 0.05) is 43.0 Å². The SMILES string of the molecule is CCOC(=O)c1sc(-n2cc(-c3ccccc3F)c3c(N4CCN(C(=O)OC(C)(C)C)CC4C)ncnc32)nc1C. The quantitative estimate of drug-likeness (QED) is 0.281. The van der Waals surface area contributed by atoms with E-state index >= 15 is 4.39 Å². The fourth-order valence-corrected chi connectivity index (χ4v) is 5.87. The maximum absolute atomic E-state index is 15.2. The first kappa shape index (κ1) is 28.5. The molecule has 1 amide bonds. The molecule has 0 bridgehead atoms. The number of benzene rings is 1. The molecule has 0 radical (unpaired) electrons. The standard InChI is InChI=1S/C29H33FN6O4S/c1-7-39-26(37)23-18(3)33-27(41-23)36-15-20(19-10-8-9-11-21(19)30)22-24(31-16-32-25(22)36)35-13-12-34(14-17(35)2)28(38)40-29(4,5)6/h8-11,15-17H,7,12-14H2,1-6H3. The summed E-state index contributed by atoms with van der Waals surface area (Å²) in [5.41, 5.74) is 1.47. The van der Waals surface area contributed by atoms with E-state index in [1.165, 1.54) is 23.7 Å². The second-order valence-electron chi connectivity index (χ2n) is 10.9. The van der Waals surface area contributed by atoms with Crippen LogP contribution in [0.2, 0.25) is 0 Å². The van der Waals surface area contributed by atoms with Crippen LogP contribution in [0.3, 0.4) is 0 Å². The van der Waals surface area contributed by atoms with Crippen LogP contribution in [-0.2, 0) is 9.47 Å². The van der Waals surface area contributed by atoms with Gasteiger partial charge in [0.1, 0.15) is 28.4 Å². The highest BCUT2D eigenvalue weighted by Gasteiger charge is 2.33. The molecule has 1 saturated heterocycles. The summed E-state index contributed by atoms with van der Waals surface area (Å²) in [6, 6.07) is 6.44. The average molecular weight is 581 g/mol. The van der Waals surface area contributed by atoms with Gasteiger partial charge in [-0.2, -0.15) is 0 Å². The molecule has 1 fully saturated rings. The number of amides is 1. The van der Waals surface area contributed by atoms with Crippen LogP contribution in [0.5, 0.6) is 0 Å². The van der Waals surface area contributed by atoms with E-state index in [0.717, 1.165) is 0 Å². The van der Waals surface area contributed by atoms with E-state index in [1.807, 2.05) is 27.7 Å². The molecule has 0 spiro atoms. The third-order valence-corrected chi connectivity index (χ3v) is 7.87. The van der Waals surface area contributed by atoms with Gasteiger partial charge in [-0.25, -0.2) is 28.9 Å². The van der Waals surface area contributed by atoms with Gasteiger partial charge in [0.15, 0.2) is 10.8 Å². The number of hydrogen-bond acceptors (Lipinski definition) is 9. The lowest BCUT2D eigenvalue weighted by Crippen LogP contribution is -2.54. The lowest BCUT2D eigenvalue weighted by molar-refractivity contribution is 0.0218. The number of aryl methyl sites for hydroxylation is 1. The number of halogens is 1. The minimum atomic E-state index is -0.588. The zero-order chi connectivity index (χ0) is 29.5. The molecule has 4 heterocycles. The molecule has 4 aromatic rings. The third kappa shape index (κ3) is 5.61. The Balaban J connectivity index is 1.61. The number of aromatic nitrogens is 4. The number of carbonyl (C=O) groups excluding carboxylic acids is 2. The number of nitrogens with zero attached hydrogens (tertiary/aromatic N) is 6. The summed E-state index contributed by atoms with van der Waals surface area (Å²) in [4.78, 5) is 43.3. The molecule has 1 unspecified atom stereocenters. The van der Waals surface area contributed by atoms with Crippen molar-refractivity contribution < 1.29 is 23.5 Å². The predicted molar refractivity (Wildman–Crippen MR) is 155 cm³/mol. The number of fused-ring (bicyclic) bond motifs is 1. The molecule has 216 valence electrons. The second kappa shape index (κ2) is 11.1. The zero-order valence-electron chi connectivity index (χ0n) is 24.0. The molecule has 10 nitrogen and oxygen atoms in total. The summed E-state index contributed by atoms with van der Waals surface area (Å²) in [6.45, 7) is 12.7. The lowest BCUT2D eigenvalue weighted by Gasteiger charge is -2.41. The number of thiazole rings is 1. The summed E-state index contributed by atoms with van der Waals surface area (Å²) < 4.78 is 27.8. The summed E-state index contributed by atoms with van der Waals surface area (Å²) in [5.74, 6) is -0.194. The van der Waals surface area contributed by atoms with E-state index < -0.39 is 11.6 Å². The Hall–Kier alpha value is -4.06. The van der Waals surface area contributed by atoms with Crippen molar-refractivity contribution in [1.29, 1.82) is 0 Å². The van der Waals surface area contributed by atoms with Crippen molar-refractivity contribution in [2.45, 2.75) is 53.2 Å². The van der Waals surface area contributed by atoms with E-state index in [-0.39, 0.29) is 24.6 Å². The number of carbonyl (C=O) groups is 2. The second-order valence-corrected chi connectivity index (χ2v) is 11.9. The van der Waals surface area contributed by atoms with Gasteiger partial charge in [-0.3, -0.25) is 4.57 Å². The van der Waals surface area contributed by atoms with E-state index in [1.54, 1.807) is 47.7 Å². The summed E-state index contributed by atoms with van der Waals surface area (Å²) in [7, 11) is 0. The molecule has 12 heteroatoms. The molecule has 0 N–H and O–H groups in total. The number of piperazine rings is 1. The Morgan fingerprint density at radius 2 is 1.90 bits per heavy atom. The van der Waals surface area contributed by atoms with Gasteiger partial charge in [0.2, 0.25) is 0 Å². The fourth-order valence-electron chi connectivity index (χ4n) is 4.93. The highest BCUT2D eigenvalue weighted by molar-refractivity contribution is 7.16. The van der Waals surface area contributed by atoms with Gasteiger partial charge in [0.25, 0.3) is 0 Å². The molecule has 0 aliphatic carbocycles. The fraction of sp³-hybridized carbons (Fsp3) is 0.414. The van der Waals surface area contributed by atoms with Gasteiger partial charge in [-0.1, -0.05) is 29.5 Å². The first-order valence-electron chi connectivity index (χ1n) is 13.5. The van der Waals surface area contributed by atoms with Gasteiger partial charge >= 0.3 is 12.1 Å². The molecule has 3 aromatic heterocycles. The molecule has 0 saturated carbocycles. The van der Waals surface area contributed by atoms with Gasteiger partial charge < -0.3 is 19.3 Å². The predicted octanol–water partition coefficient (Wildman–Crippen LogP) is 5.61. The Labute approximate surface area is 241 Å². The Kier molecular flexibility index (Phi) is 7.69. The van der Waals surface area contributed by atoms with Gasteiger partial charge in [-0.05, 0) is 47.6 Å². The van der Waals surface area contributed by atoms with E-state index in [4.69, 9.17) is 9.47 Å². The van der Waals surface area contributed by atoms with Crippen molar-refractivity contribution in [2.24, 2.45) is 0 Å². The van der Waals surface area contributed by atoms with Crippen LogP contribution < -0.4 is 4.90 Å². The normalized spacial score (nSPS) is 15.8. The van der Waals surface area contributed by atoms with Crippen molar-refractivity contribution >= 4 is 40.3 Å². The zero-order valence-corrected chi connectivity index (χ0v) is 24.8. The largest absolute Gasteiger partial charge is 0.462 e.